The van der Waals surface area contributed by atoms with Gasteiger partial charge in [-0.3, -0.25) is 0 Å². The summed E-state index contributed by atoms with van der Waals surface area (Å²) in [7, 11) is -1.64. The predicted molar refractivity (Wildman–Crippen MR) is 67.2 cm³/mol. The molecule has 0 heterocycles. The van der Waals surface area contributed by atoms with Gasteiger partial charge in [-0.2, -0.15) is 0 Å². The van der Waals surface area contributed by atoms with E-state index in [1.165, 1.54) is 24.1 Å². The van der Waals surface area contributed by atoms with E-state index in [2.05, 4.69) is 0 Å². The first-order valence-corrected chi connectivity index (χ1v) is 7.38. The fourth-order valence-electron chi connectivity index (χ4n) is 1.45. The van der Waals surface area contributed by atoms with Crippen LogP contribution < -0.4 is 10.6 Å². The van der Waals surface area contributed by atoms with Crippen LogP contribution in [0.3, 0.4) is 0 Å². The molecule has 0 atom stereocenters. The SMILES string of the molecule is CN(CCS(C)(=O)=O)c1ccc(CN)c(F)c1F. The Labute approximate surface area is 105 Å². The summed E-state index contributed by atoms with van der Waals surface area (Å²) in [6.45, 7) is 0.00719. The topological polar surface area (TPSA) is 63.4 Å². The van der Waals surface area contributed by atoms with Crippen LogP contribution in [0.4, 0.5) is 14.5 Å². The van der Waals surface area contributed by atoms with Crippen LogP contribution in [0.2, 0.25) is 0 Å². The Hall–Kier alpha value is -1.21. The van der Waals surface area contributed by atoms with Crippen LogP contribution >= 0.6 is 0 Å². The van der Waals surface area contributed by atoms with Gasteiger partial charge in [0.1, 0.15) is 9.84 Å². The van der Waals surface area contributed by atoms with Gasteiger partial charge in [0.05, 0.1) is 11.4 Å². The van der Waals surface area contributed by atoms with Gasteiger partial charge < -0.3 is 10.6 Å². The third-order valence-corrected chi connectivity index (χ3v) is 3.49. The second-order valence-electron chi connectivity index (χ2n) is 4.13. The van der Waals surface area contributed by atoms with Crippen LogP contribution in [0.25, 0.3) is 0 Å². The number of halogens is 2. The van der Waals surface area contributed by atoms with Crippen LogP contribution in [0.1, 0.15) is 5.56 Å². The molecule has 1 rings (SSSR count). The Morgan fingerprint density at radius 3 is 2.39 bits per heavy atom. The first-order valence-electron chi connectivity index (χ1n) is 5.32. The lowest BCUT2D eigenvalue weighted by Gasteiger charge is -2.20. The summed E-state index contributed by atoms with van der Waals surface area (Å²) < 4.78 is 49.2. The average Bonchev–Trinajstić information content (AvgIpc) is 2.28. The van der Waals surface area contributed by atoms with Gasteiger partial charge in [-0.05, 0) is 6.07 Å². The standard InChI is InChI=1S/C11H16F2N2O2S/c1-15(5-6-18(2,16)17)9-4-3-8(7-14)10(12)11(9)13/h3-4H,5-7,14H2,1-2H3. The van der Waals surface area contributed by atoms with Gasteiger partial charge in [0.25, 0.3) is 0 Å². The molecule has 0 aliphatic carbocycles. The number of benzene rings is 1. The summed E-state index contributed by atoms with van der Waals surface area (Å²) in [5.41, 5.74) is 5.37. The number of rotatable bonds is 5. The fourth-order valence-corrected chi connectivity index (χ4v) is 2.06. The molecule has 102 valence electrons. The highest BCUT2D eigenvalue weighted by molar-refractivity contribution is 7.90. The maximum Gasteiger partial charge on any atom is 0.182 e. The Balaban J connectivity index is 2.93. The van der Waals surface area contributed by atoms with E-state index in [1.807, 2.05) is 0 Å². The molecular weight excluding hydrogens is 262 g/mol. The zero-order chi connectivity index (χ0) is 13.9. The molecule has 4 nitrogen and oxygen atoms in total. The minimum atomic E-state index is -3.14. The molecule has 2 N–H and O–H groups in total. The van der Waals surface area contributed by atoms with Gasteiger partial charge in [-0.1, -0.05) is 6.07 Å². The lowest BCUT2D eigenvalue weighted by molar-refractivity contribution is 0.498. The van der Waals surface area contributed by atoms with Crippen molar-refractivity contribution in [2.24, 2.45) is 5.73 Å². The predicted octanol–water partition coefficient (Wildman–Crippen LogP) is 0.904. The highest BCUT2D eigenvalue weighted by Gasteiger charge is 2.16. The molecule has 0 saturated carbocycles. The molecule has 0 saturated heterocycles. The van der Waals surface area contributed by atoms with Gasteiger partial charge in [-0.15, -0.1) is 0 Å². The molecular formula is C11H16F2N2O2S. The summed E-state index contributed by atoms with van der Waals surface area (Å²) in [4.78, 5) is 1.36. The zero-order valence-electron chi connectivity index (χ0n) is 10.3. The molecule has 0 unspecified atom stereocenters. The second-order valence-corrected chi connectivity index (χ2v) is 6.39. The van der Waals surface area contributed by atoms with E-state index in [-0.39, 0.29) is 30.1 Å². The van der Waals surface area contributed by atoms with E-state index in [0.29, 0.717) is 0 Å². The van der Waals surface area contributed by atoms with Crippen molar-refractivity contribution in [3.8, 4) is 0 Å². The van der Waals surface area contributed by atoms with E-state index in [9.17, 15) is 17.2 Å². The van der Waals surface area contributed by atoms with Crippen LogP contribution in [-0.4, -0.2) is 34.0 Å². The van der Waals surface area contributed by atoms with E-state index < -0.39 is 21.5 Å². The normalized spacial score (nSPS) is 11.6. The summed E-state index contributed by atoms with van der Waals surface area (Å²) in [5.74, 6) is -2.11. The molecule has 0 amide bonds. The van der Waals surface area contributed by atoms with Gasteiger partial charge in [-0.25, -0.2) is 17.2 Å². The fraction of sp³-hybridized carbons (Fsp3) is 0.455. The zero-order valence-corrected chi connectivity index (χ0v) is 11.1. The van der Waals surface area contributed by atoms with Crippen molar-refractivity contribution in [1.82, 2.24) is 0 Å². The van der Waals surface area contributed by atoms with Crippen molar-refractivity contribution >= 4 is 15.5 Å². The Morgan fingerprint density at radius 1 is 1.28 bits per heavy atom. The first-order chi connectivity index (χ1) is 8.26. The second kappa shape index (κ2) is 5.62. The van der Waals surface area contributed by atoms with Crippen molar-refractivity contribution in [3.05, 3.63) is 29.3 Å². The Kier molecular flexibility index (Phi) is 4.64. The number of sulfone groups is 1. The summed E-state index contributed by atoms with van der Waals surface area (Å²) in [6.07, 6.45) is 1.09. The smallest absolute Gasteiger partial charge is 0.182 e. The highest BCUT2D eigenvalue weighted by atomic mass is 32.2. The van der Waals surface area contributed by atoms with Gasteiger partial charge in [0.2, 0.25) is 0 Å². The molecule has 0 aromatic heterocycles. The van der Waals surface area contributed by atoms with Crippen molar-refractivity contribution in [2.45, 2.75) is 6.54 Å². The van der Waals surface area contributed by atoms with Gasteiger partial charge >= 0.3 is 0 Å². The van der Waals surface area contributed by atoms with Crippen LogP contribution in [0.15, 0.2) is 12.1 Å². The van der Waals surface area contributed by atoms with E-state index >= 15 is 0 Å². The quantitative estimate of drug-likeness (QED) is 0.869. The minimum absolute atomic E-state index is 0.0216. The minimum Gasteiger partial charge on any atom is -0.371 e. The number of hydrogen-bond acceptors (Lipinski definition) is 4. The van der Waals surface area contributed by atoms with E-state index in [0.717, 1.165) is 6.26 Å². The van der Waals surface area contributed by atoms with Crippen molar-refractivity contribution < 1.29 is 17.2 Å². The molecule has 7 heteroatoms. The van der Waals surface area contributed by atoms with Crippen LogP contribution in [-0.2, 0) is 16.4 Å². The lowest BCUT2D eigenvalue weighted by atomic mass is 10.1. The Bertz CT molecular complexity index is 532. The molecule has 0 fully saturated rings. The van der Waals surface area contributed by atoms with Crippen LogP contribution in [0.5, 0.6) is 0 Å². The van der Waals surface area contributed by atoms with Crippen molar-refractivity contribution in [1.29, 1.82) is 0 Å². The average molecular weight is 278 g/mol. The molecule has 0 spiro atoms. The van der Waals surface area contributed by atoms with E-state index in [4.69, 9.17) is 5.73 Å². The number of anilines is 1. The molecule has 0 radical (unpaired) electrons. The summed E-state index contributed by atoms with van der Waals surface area (Å²) >= 11 is 0. The molecule has 1 aromatic rings. The maximum atomic E-state index is 13.7. The highest BCUT2D eigenvalue weighted by Crippen LogP contribution is 2.23. The third kappa shape index (κ3) is 3.64. The lowest BCUT2D eigenvalue weighted by Crippen LogP contribution is -2.26. The number of nitrogens with two attached hydrogens (primary N) is 1. The monoisotopic (exact) mass is 278 g/mol. The number of hydrogen-bond donors (Lipinski definition) is 1. The Morgan fingerprint density at radius 2 is 1.89 bits per heavy atom. The third-order valence-electron chi connectivity index (χ3n) is 2.57. The largest absolute Gasteiger partial charge is 0.371 e. The summed E-state index contributed by atoms with van der Waals surface area (Å²) in [6, 6.07) is 2.79. The number of nitrogens with zero attached hydrogens (tertiary/aromatic N) is 1. The molecule has 0 bridgehead atoms. The molecule has 1 aromatic carbocycles. The first kappa shape index (κ1) is 14.8. The van der Waals surface area contributed by atoms with E-state index in [1.54, 1.807) is 0 Å². The molecule has 18 heavy (non-hydrogen) atoms. The van der Waals surface area contributed by atoms with Crippen molar-refractivity contribution in [2.75, 3.05) is 30.5 Å². The van der Waals surface area contributed by atoms with Crippen molar-refractivity contribution in [3.63, 3.8) is 0 Å². The van der Waals surface area contributed by atoms with Gasteiger partial charge in [0.15, 0.2) is 11.6 Å². The van der Waals surface area contributed by atoms with Gasteiger partial charge in [0, 0.05) is 32.0 Å². The summed E-state index contributed by atoms with van der Waals surface area (Å²) in [5, 5.41) is 0. The van der Waals surface area contributed by atoms with Crippen LogP contribution in [0, 0.1) is 11.6 Å². The maximum absolute atomic E-state index is 13.7. The molecule has 0 aliphatic rings. The molecule has 0 aliphatic heterocycles.